The van der Waals surface area contributed by atoms with E-state index in [1.807, 2.05) is 11.6 Å². The zero-order valence-corrected chi connectivity index (χ0v) is 5.52. The first-order chi connectivity index (χ1) is 2.64. The molecule has 0 fully saturated rings. The third kappa shape index (κ3) is 2.42. The van der Waals surface area contributed by atoms with E-state index in [-0.39, 0.29) is 0 Å². The lowest BCUT2D eigenvalue weighted by molar-refractivity contribution is 0.451. The monoisotopic (exact) mass is 100 g/mol. The van der Waals surface area contributed by atoms with Crippen molar-refractivity contribution < 1.29 is 0 Å². The van der Waals surface area contributed by atoms with Gasteiger partial charge in [0.25, 0.3) is 0 Å². The standard InChI is InChI=1S/C4H10NSi/c1-4(2)5(3)6/h4H,1-3H3. The van der Waals surface area contributed by atoms with Crippen LogP contribution in [0.15, 0.2) is 0 Å². The van der Waals surface area contributed by atoms with Crippen LogP contribution in [0.1, 0.15) is 13.8 Å². The zero-order valence-electron chi connectivity index (χ0n) is 4.52. The molecule has 0 aromatic heterocycles. The Kier molecular flexibility index (Phi) is 2.44. The highest BCUT2D eigenvalue weighted by atomic mass is 28.2. The fourth-order valence-electron chi connectivity index (χ4n) is 0. The maximum Gasteiger partial charge on any atom is 0.143 e. The number of rotatable bonds is 1. The van der Waals surface area contributed by atoms with Crippen LogP contribution in [-0.4, -0.2) is 28.1 Å². The van der Waals surface area contributed by atoms with E-state index in [1.54, 1.807) is 0 Å². The van der Waals surface area contributed by atoms with E-state index >= 15 is 0 Å². The molecule has 0 saturated carbocycles. The van der Waals surface area contributed by atoms with Gasteiger partial charge in [-0.2, -0.15) is 0 Å². The first kappa shape index (κ1) is 6.18. The van der Waals surface area contributed by atoms with Crippen LogP contribution in [0.5, 0.6) is 0 Å². The summed E-state index contributed by atoms with van der Waals surface area (Å²) in [5.74, 6) is 0. The summed E-state index contributed by atoms with van der Waals surface area (Å²) in [6.45, 7) is 4.24. The molecule has 0 spiro atoms. The molecule has 0 amide bonds. The second-order valence-corrected chi connectivity index (χ2v) is 2.41. The van der Waals surface area contributed by atoms with Gasteiger partial charge < -0.3 is 4.57 Å². The highest BCUT2D eigenvalue weighted by Gasteiger charge is 1.90. The summed E-state index contributed by atoms with van der Waals surface area (Å²) in [6.07, 6.45) is 0. The van der Waals surface area contributed by atoms with Gasteiger partial charge in [-0.05, 0) is 13.1 Å². The van der Waals surface area contributed by atoms with Gasteiger partial charge in [-0.15, -0.1) is 0 Å². The van der Waals surface area contributed by atoms with Gasteiger partial charge in [0.2, 0.25) is 0 Å². The third-order valence-electron chi connectivity index (χ3n) is 0.775. The molecule has 0 aliphatic carbocycles. The van der Waals surface area contributed by atoms with Gasteiger partial charge in [0.05, 0.1) is 0 Å². The van der Waals surface area contributed by atoms with Crippen LogP contribution in [0.4, 0.5) is 0 Å². The molecule has 0 aromatic rings. The minimum atomic E-state index is 0.599. The Labute approximate surface area is 42.8 Å². The molecule has 0 rings (SSSR count). The quantitative estimate of drug-likeness (QED) is 0.431. The minimum absolute atomic E-state index is 0.599. The van der Waals surface area contributed by atoms with Crippen molar-refractivity contribution in [2.75, 3.05) is 7.05 Å². The summed E-state index contributed by atoms with van der Waals surface area (Å²) in [5, 5.41) is 0. The smallest absolute Gasteiger partial charge is 0.143 e. The van der Waals surface area contributed by atoms with Crippen LogP contribution in [0, 0.1) is 0 Å². The lowest BCUT2D eigenvalue weighted by Crippen LogP contribution is -2.22. The first-order valence-electron chi connectivity index (χ1n) is 2.08. The fourth-order valence-corrected chi connectivity index (χ4v) is 0. The number of nitrogens with zero attached hydrogens (tertiary/aromatic N) is 1. The van der Waals surface area contributed by atoms with E-state index in [0.29, 0.717) is 6.04 Å². The van der Waals surface area contributed by atoms with Crippen LogP contribution in [-0.2, 0) is 0 Å². The Balaban J connectivity index is 2.99. The molecule has 0 atom stereocenters. The summed E-state index contributed by atoms with van der Waals surface area (Å²) in [4.78, 5) is 0. The number of hydrogen-bond acceptors (Lipinski definition) is 1. The molecule has 2 heteroatoms. The fraction of sp³-hybridized carbons (Fsp3) is 1.00. The summed E-state index contributed by atoms with van der Waals surface area (Å²) in [5.41, 5.74) is 0. The van der Waals surface area contributed by atoms with Crippen molar-refractivity contribution in [3.63, 3.8) is 0 Å². The van der Waals surface area contributed by atoms with Gasteiger partial charge in [-0.3, -0.25) is 0 Å². The molecule has 0 bridgehead atoms. The molecule has 0 saturated heterocycles. The van der Waals surface area contributed by atoms with Crippen molar-refractivity contribution >= 4 is 10.4 Å². The molecule has 0 aromatic carbocycles. The molecule has 0 N–H and O–H groups in total. The Hall–Kier alpha value is 0.177. The Morgan fingerprint density at radius 2 is 1.67 bits per heavy atom. The second-order valence-electron chi connectivity index (χ2n) is 1.70. The Morgan fingerprint density at radius 3 is 1.67 bits per heavy atom. The summed E-state index contributed by atoms with van der Waals surface area (Å²) in [6, 6.07) is 0.599. The van der Waals surface area contributed by atoms with Crippen LogP contribution >= 0.6 is 0 Å². The topological polar surface area (TPSA) is 3.24 Å². The van der Waals surface area contributed by atoms with E-state index in [2.05, 4.69) is 24.3 Å². The summed E-state index contributed by atoms with van der Waals surface area (Å²) >= 11 is 0. The molecular weight excluding hydrogens is 90.1 g/mol. The molecule has 6 heavy (non-hydrogen) atoms. The summed E-state index contributed by atoms with van der Waals surface area (Å²) < 4.78 is 1.97. The van der Waals surface area contributed by atoms with Crippen molar-refractivity contribution in [2.24, 2.45) is 0 Å². The first-order valence-corrected chi connectivity index (χ1v) is 2.53. The lowest BCUT2D eigenvalue weighted by Gasteiger charge is -2.12. The lowest BCUT2D eigenvalue weighted by atomic mass is 10.4. The molecule has 0 aliphatic rings. The van der Waals surface area contributed by atoms with Gasteiger partial charge in [0, 0.05) is 0 Å². The molecule has 1 nitrogen and oxygen atoms in total. The van der Waals surface area contributed by atoms with E-state index in [0.717, 1.165) is 0 Å². The van der Waals surface area contributed by atoms with Gasteiger partial charge in [0.1, 0.15) is 10.4 Å². The average Bonchev–Trinajstić information content (AvgIpc) is 1.36. The van der Waals surface area contributed by atoms with Crippen LogP contribution in [0.25, 0.3) is 0 Å². The van der Waals surface area contributed by atoms with Crippen LogP contribution < -0.4 is 0 Å². The third-order valence-corrected chi connectivity index (χ3v) is 1.29. The van der Waals surface area contributed by atoms with E-state index in [9.17, 15) is 0 Å². The van der Waals surface area contributed by atoms with Crippen LogP contribution in [0.2, 0.25) is 0 Å². The minimum Gasteiger partial charge on any atom is -0.327 e. The van der Waals surface area contributed by atoms with Crippen LogP contribution in [0.3, 0.4) is 0 Å². The number of hydrogen-bond donors (Lipinski definition) is 0. The average molecular weight is 100 g/mol. The van der Waals surface area contributed by atoms with Gasteiger partial charge >= 0.3 is 0 Å². The Morgan fingerprint density at radius 1 is 1.50 bits per heavy atom. The highest BCUT2D eigenvalue weighted by molar-refractivity contribution is 6.04. The molecule has 35 valence electrons. The maximum absolute atomic E-state index is 3.32. The van der Waals surface area contributed by atoms with Crippen molar-refractivity contribution in [3.05, 3.63) is 0 Å². The van der Waals surface area contributed by atoms with Crippen molar-refractivity contribution in [1.29, 1.82) is 0 Å². The highest BCUT2D eigenvalue weighted by Crippen LogP contribution is 1.83. The molecule has 0 heterocycles. The van der Waals surface area contributed by atoms with Gasteiger partial charge in [-0.1, -0.05) is 13.8 Å². The predicted molar refractivity (Wildman–Crippen MR) is 28.7 cm³/mol. The molecule has 3 radical (unpaired) electrons. The van der Waals surface area contributed by atoms with E-state index < -0.39 is 0 Å². The maximum atomic E-state index is 3.32. The predicted octanol–water partition coefficient (Wildman–Crippen LogP) is 0.410. The molecular formula is C4H10NSi. The van der Waals surface area contributed by atoms with Crippen molar-refractivity contribution in [1.82, 2.24) is 4.57 Å². The summed E-state index contributed by atoms with van der Waals surface area (Å²) in [7, 11) is 5.30. The zero-order chi connectivity index (χ0) is 5.15. The van der Waals surface area contributed by atoms with Gasteiger partial charge in [0.15, 0.2) is 0 Å². The van der Waals surface area contributed by atoms with Gasteiger partial charge in [-0.25, -0.2) is 0 Å². The molecule has 0 unspecified atom stereocenters. The SMILES string of the molecule is CC(C)N(C)[Si]. The molecule has 0 aliphatic heterocycles. The normalized spacial score (nSPS) is 11.0. The Bertz CT molecular complexity index is 28.5. The van der Waals surface area contributed by atoms with E-state index in [4.69, 9.17) is 0 Å². The van der Waals surface area contributed by atoms with Crippen molar-refractivity contribution in [2.45, 2.75) is 19.9 Å². The largest absolute Gasteiger partial charge is 0.327 e. The second kappa shape index (κ2) is 2.37. The van der Waals surface area contributed by atoms with E-state index in [1.165, 1.54) is 0 Å². The van der Waals surface area contributed by atoms with Crippen molar-refractivity contribution in [3.8, 4) is 0 Å².